The fraction of sp³-hybridized carbons (Fsp3) is 0.462. The zero-order valence-electron chi connectivity index (χ0n) is 20.1. The second-order valence-corrected chi connectivity index (χ2v) is 8.99. The van der Waals surface area contributed by atoms with Crippen molar-refractivity contribution < 1.29 is 9.53 Å². The molecule has 0 unspecified atom stereocenters. The summed E-state index contributed by atoms with van der Waals surface area (Å²) in [6.45, 7) is 7.94. The molecular weight excluding hydrogens is 428 g/mol. The summed E-state index contributed by atoms with van der Waals surface area (Å²) < 4.78 is 7.28. The highest BCUT2D eigenvalue weighted by Gasteiger charge is 2.37. The van der Waals surface area contributed by atoms with Gasteiger partial charge < -0.3 is 9.64 Å². The van der Waals surface area contributed by atoms with Gasteiger partial charge in [0.25, 0.3) is 11.9 Å². The third kappa shape index (κ3) is 4.18. The molecule has 1 aliphatic heterocycles. The Morgan fingerprint density at radius 3 is 2.68 bits per heavy atom. The van der Waals surface area contributed by atoms with Crippen LogP contribution in [0, 0.1) is 0 Å². The maximum absolute atomic E-state index is 13.6. The van der Waals surface area contributed by atoms with Gasteiger partial charge in [-0.05, 0) is 50.6 Å². The molecule has 1 aromatic carbocycles. The van der Waals surface area contributed by atoms with Gasteiger partial charge in [-0.2, -0.15) is 5.10 Å². The maximum atomic E-state index is 13.6. The zero-order chi connectivity index (χ0) is 23.7. The second kappa shape index (κ2) is 9.54. The first-order valence-corrected chi connectivity index (χ1v) is 12.2. The van der Waals surface area contributed by atoms with Crippen molar-refractivity contribution in [3.63, 3.8) is 0 Å². The lowest BCUT2D eigenvalue weighted by molar-refractivity contribution is 0.0776. The van der Waals surface area contributed by atoms with Gasteiger partial charge >= 0.3 is 0 Å². The minimum absolute atomic E-state index is 0.0729. The average molecular weight is 461 g/mol. The molecule has 3 aromatic rings. The number of methoxy groups -OCH3 is 1. The van der Waals surface area contributed by atoms with Gasteiger partial charge in [0.2, 0.25) is 0 Å². The number of hydrogen-bond acceptors (Lipinski definition) is 6. The Bertz CT molecular complexity index is 1170. The van der Waals surface area contributed by atoms with Crippen LogP contribution >= 0.6 is 0 Å². The first-order valence-electron chi connectivity index (χ1n) is 12.2. The van der Waals surface area contributed by atoms with Gasteiger partial charge in [0.05, 0.1) is 30.3 Å². The van der Waals surface area contributed by atoms with Gasteiger partial charge in [0.1, 0.15) is 5.75 Å². The summed E-state index contributed by atoms with van der Waals surface area (Å²) in [6, 6.07) is 10.1. The fourth-order valence-corrected chi connectivity index (χ4v) is 5.02. The standard InChI is InChI=1S/C26H32N6O2/c1-4-30(5-2)19-13-15-31(17-19)25(33)21-16-28-32(24(21)18-10-11-18)26-27-14-12-22(29-26)20-8-6-7-9-23(20)34-3/h6-9,12,14,16,18-19H,4-5,10-11,13,15,17H2,1-3H3/t19-/m1/s1. The van der Waals surface area contributed by atoms with Crippen LogP contribution < -0.4 is 4.74 Å². The Labute approximate surface area is 200 Å². The Balaban J connectivity index is 1.45. The lowest BCUT2D eigenvalue weighted by Gasteiger charge is -2.26. The van der Waals surface area contributed by atoms with E-state index in [1.807, 2.05) is 35.2 Å². The minimum atomic E-state index is 0.0729. The smallest absolute Gasteiger partial charge is 0.257 e. The number of nitrogens with zero attached hydrogens (tertiary/aromatic N) is 6. The number of carbonyl (C=O) groups excluding carboxylic acids is 1. The summed E-state index contributed by atoms with van der Waals surface area (Å²) >= 11 is 0. The summed E-state index contributed by atoms with van der Waals surface area (Å²) in [5, 5.41) is 4.61. The minimum Gasteiger partial charge on any atom is -0.496 e. The van der Waals surface area contributed by atoms with Crippen LogP contribution in [0.5, 0.6) is 5.75 Å². The van der Waals surface area contributed by atoms with Crippen molar-refractivity contribution in [1.82, 2.24) is 29.5 Å². The summed E-state index contributed by atoms with van der Waals surface area (Å²) in [5.41, 5.74) is 3.28. The van der Waals surface area contributed by atoms with E-state index in [1.165, 1.54) is 0 Å². The van der Waals surface area contributed by atoms with E-state index in [9.17, 15) is 4.79 Å². The Kier molecular flexibility index (Phi) is 6.32. The molecule has 34 heavy (non-hydrogen) atoms. The summed E-state index contributed by atoms with van der Waals surface area (Å²) in [5.74, 6) is 1.62. The fourth-order valence-electron chi connectivity index (χ4n) is 5.02. The molecule has 1 aliphatic carbocycles. The summed E-state index contributed by atoms with van der Waals surface area (Å²) in [4.78, 5) is 27.3. The van der Waals surface area contributed by atoms with Crippen molar-refractivity contribution >= 4 is 5.91 Å². The van der Waals surface area contributed by atoms with Gasteiger partial charge in [-0.1, -0.05) is 26.0 Å². The Morgan fingerprint density at radius 1 is 1.15 bits per heavy atom. The van der Waals surface area contributed by atoms with Gasteiger partial charge in [-0.3, -0.25) is 9.69 Å². The second-order valence-electron chi connectivity index (χ2n) is 8.99. The van der Waals surface area contributed by atoms with Crippen molar-refractivity contribution in [3.8, 4) is 23.0 Å². The molecule has 1 atom stereocenters. The lowest BCUT2D eigenvalue weighted by Crippen LogP contribution is -2.38. The number of likely N-dealkylation sites (N-methyl/N-ethyl adjacent to an activating group) is 1. The van der Waals surface area contributed by atoms with Crippen LogP contribution in [0.2, 0.25) is 0 Å². The number of hydrogen-bond donors (Lipinski definition) is 0. The number of para-hydroxylation sites is 1. The normalized spacial score (nSPS) is 18.0. The van der Waals surface area contributed by atoms with Crippen molar-refractivity contribution in [3.05, 3.63) is 54.0 Å². The van der Waals surface area contributed by atoms with E-state index >= 15 is 0 Å². The number of aromatic nitrogens is 4. The van der Waals surface area contributed by atoms with E-state index in [0.29, 0.717) is 23.5 Å². The van der Waals surface area contributed by atoms with Crippen LogP contribution in [0.15, 0.2) is 42.7 Å². The molecular formula is C26H32N6O2. The number of amides is 1. The molecule has 8 heteroatoms. The van der Waals surface area contributed by atoms with Crippen LogP contribution in [0.1, 0.15) is 55.1 Å². The van der Waals surface area contributed by atoms with Gasteiger partial charge in [0.15, 0.2) is 0 Å². The zero-order valence-corrected chi connectivity index (χ0v) is 20.1. The average Bonchev–Trinajstić information content (AvgIpc) is 3.43. The molecule has 0 bridgehead atoms. The van der Waals surface area contributed by atoms with Crippen molar-refractivity contribution in [1.29, 1.82) is 0 Å². The predicted molar refractivity (Wildman–Crippen MR) is 130 cm³/mol. The third-order valence-corrected chi connectivity index (χ3v) is 7.00. The number of benzene rings is 1. The first kappa shape index (κ1) is 22.5. The molecule has 2 aliphatic rings. The number of ether oxygens (including phenoxy) is 1. The first-order chi connectivity index (χ1) is 16.6. The van der Waals surface area contributed by atoms with Gasteiger partial charge in [-0.25, -0.2) is 14.6 Å². The van der Waals surface area contributed by atoms with E-state index in [-0.39, 0.29) is 5.91 Å². The Morgan fingerprint density at radius 2 is 1.94 bits per heavy atom. The van der Waals surface area contributed by atoms with Crippen LogP contribution in [-0.2, 0) is 0 Å². The number of likely N-dealkylation sites (tertiary alicyclic amines) is 1. The summed E-state index contributed by atoms with van der Waals surface area (Å²) in [6.07, 6.45) is 6.57. The molecule has 0 spiro atoms. The number of carbonyl (C=O) groups is 1. The third-order valence-electron chi connectivity index (χ3n) is 7.00. The van der Waals surface area contributed by atoms with Crippen molar-refractivity contribution in [2.75, 3.05) is 33.3 Å². The topological polar surface area (TPSA) is 76.4 Å². The number of rotatable bonds is 8. The molecule has 3 heterocycles. The van der Waals surface area contributed by atoms with E-state index in [1.54, 1.807) is 24.2 Å². The van der Waals surface area contributed by atoms with Crippen molar-refractivity contribution in [2.24, 2.45) is 0 Å². The molecule has 178 valence electrons. The van der Waals surface area contributed by atoms with Crippen LogP contribution in [0.4, 0.5) is 0 Å². The highest BCUT2D eigenvalue weighted by molar-refractivity contribution is 5.95. The van der Waals surface area contributed by atoms with E-state index in [2.05, 4.69) is 28.8 Å². The SMILES string of the molecule is CCN(CC)[C@@H]1CCN(C(=O)c2cnn(-c3nccc(-c4ccccc4OC)n3)c2C2CC2)C1. The lowest BCUT2D eigenvalue weighted by atomic mass is 10.1. The molecule has 1 amide bonds. The molecule has 8 nitrogen and oxygen atoms in total. The van der Waals surface area contributed by atoms with Crippen LogP contribution in [-0.4, -0.2) is 74.8 Å². The molecule has 1 saturated heterocycles. The summed E-state index contributed by atoms with van der Waals surface area (Å²) in [7, 11) is 1.65. The van der Waals surface area contributed by atoms with Crippen LogP contribution in [0.3, 0.4) is 0 Å². The maximum Gasteiger partial charge on any atom is 0.257 e. The molecule has 0 N–H and O–H groups in total. The predicted octanol–water partition coefficient (Wildman–Crippen LogP) is 3.77. The van der Waals surface area contributed by atoms with E-state index < -0.39 is 0 Å². The molecule has 5 rings (SSSR count). The Hall–Kier alpha value is -3.26. The molecule has 2 fully saturated rings. The highest BCUT2D eigenvalue weighted by atomic mass is 16.5. The van der Waals surface area contributed by atoms with E-state index in [4.69, 9.17) is 9.72 Å². The van der Waals surface area contributed by atoms with Crippen molar-refractivity contribution in [2.45, 2.75) is 45.1 Å². The molecule has 2 aromatic heterocycles. The van der Waals surface area contributed by atoms with Gasteiger partial charge in [0, 0.05) is 36.8 Å². The monoisotopic (exact) mass is 460 g/mol. The molecule has 1 saturated carbocycles. The molecule has 0 radical (unpaired) electrons. The van der Waals surface area contributed by atoms with Gasteiger partial charge in [-0.15, -0.1) is 0 Å². The highest BCUT2D eigenvalue weighted by Crippen LogP contribution is 2.43. The van der Waals surface area contributed by atoms with Crippen LogP contribution in [0.25, 0.3) is 17.2 Å². The van der Waals surface area contributed by atoms with E-state index in [0.717, 1.165) is 68.1 Å². The largest absolute Gasteiger partial charge is 0.496 e. The quantitative estimate of drug-likeness (QED) is 0.509.